The minimum absolute atomic E-state index is 0.517. The lowest BCUT2D eigenvalue weighted by Crippen LogP contribution is -2.40. The second-order valence-electron chi connectivity index (χ2n) is 6.53. The molecule has 118 valence electrons. The van der Waals surface area contributed by atoms with E-state index in [0.29, 0.717) is 6.04 Å². The third-order valence-electron chi connectivity index (χ3n) is 4.65. The first-order valence-electron chi connectivity index (χ1n) is 8.27. The maximum atomic E-state index is 6.36. The van der Waals surface area contributed by atoms with Crippen LogP contribution in [0.2, 0.25) is 10.0 Å². The molecule has 3 heteroatoms. The minimum Gasteiger partial charge on any atom is -0.313 e. The quantitative estimate of drug-likeness (QED) is 0.703. The molecule has 1 aliphatic carbocycles. The van der Waals surface area contributed by atoms with Gasteiger partial charge in [-0.25, -0.2) is 0 Å². The molecular formula is C18H27Cl2N. The number of hydrogen-bond donors (Lipinski definition) is 1. The van der Waals surface area contributed by atoms with Crippen molar-refractivity contribution in [1.82, 2.24) is 5.32 Å². The highest BCUT2D eigenvalue weighted by Gasteiger charge is 2.27. The van der Waals surface area contributed by atoms with E-state index >= 15 is 0 Å². The van der Waals surface area contributed by atoms with Gasteiger partial charge < -0.3 is 5.32 Å². The predicted octanol–water partition coefficient (Wildman–Crippen LogP) is 5.73. The molecule has 1 aliphatic rings. The Hall–Kier alpha value is -0.240. The largest absolute Gasteiger partial charge is 0.313 e. The van der Waals surface area contributed by atoms with E-state index in [1.165, 1.54) is 37.7 Å². The number of hydrogen-bond acceptors (Lipinski definition) is 1. The summed E-state index contributed by atoms with van der Waals surface area (Å²) in [5, 5.41) is 5.37. The van der Waals surface area contributed by atoms with E-state index in [1.807, 2.05) is 18.2 Å². The predicted molar refractivity (Wildman–Crippen MR) is 93.4 cm³/mol. The summed E-state index contributed by atoms with van der Waals surface area (Å²) in [6.45, 7) is 5.68. The lowest BCUT2D eigenvalue weighted by atomic mass is 9.77. The van der Waals surface area contributed by atoms with Crippen LogP contribution in [0.5, 0.6) is 0 Å². The molecule has 1 aromatic carbocycles. The van der Waals surface area contributed by atoms with Gasteiger partial charge in [-0.3, -0.25) is 0 Å². The highest BCUT2D eigenvalue weighted by Crippen LogP contribution is 2.33. The smallest absolute Gasteiger partial charge is 0.0439 e. The van der Waals surface area contributed by atoms with Crippen molar-refractivity contribution >= 4 is 23.2 Å². The second-order valence-corrected chi connectivity index (χ2v) is 7.38. The summed E-state index contributed by atoms with van der Waals surface area (Å²) in [5.41, 5.74) is 1.18. The zero-order chi connectivity index (χ0) is 15.2. The van der Waals surface area contributed by atoms with E-state index in [-0.39, 0.29) is 0 Å². The molecule has 2 rings (SSSR count). The Bertz CT molecular complexity index is 447. The van der Waals surface area contributed by atoms with Gasteiger partial charge >= 0.3 is 0 Å². The Morgan fingerprint density at radius 2 is 2.10 bits per heavy atom. The summed E-state index contributed by atoms with van der Waals surface area (Å²) >= 11 is 12.5. The summed E-state index contributed by atoms with van der Waals surface area (Å²) < 4.78 is 0. The zero-order valence-corrected chi connectivity index (χ0v) is 14.7. The van der Waals surface area contributed by atoms with E-state index in [4.69, 9.17) is 23.2 Å². The molecule has 0 saturated heterocycles. The molecule has 0 aromatic heterocycles. The topological polar surface area (TPSA) is 12.0 Å². The van der Waals surface area contributed by atoms with E-state index in [9.17, 15) is 0 Å². The molecule has 1 saturated carbocycles. The van der Waals surface area contributed by atoms with Gasteiger partial charge in [0.2, 0.25) is 0 Å². The van der Waals surface area contributed by atoms with Crippen LogP contribution >= 0.6 is 23.2 Å². The highest BCUT2D eigenvalue weighted by atomic mass is 35.5. The molecular weight excluding hydrogens is 301 g/mol. The highest BCUT2D eigenvalue weighted by molar-refractivity contribution is 6.33. The third kappa shape index (κ3) is 5.16. The first-order valence-corrected chi connectivity index (χ1v) is 9.03. The normalized spacial score (nSPS) is 24.0. The molecule has 0 heterocycles. The Kier molecular flexibility index (Phi) is 6.85. The maximum Gasteiger partial charge on any atom is 0.0439 e. The van der Waals surface area contributed by atoms with Crippen LogP contribution in [0.3, 0.4) is 0 Å². The Balaban J connectivity index is 2.09. The number of nitrogens with one attached hydrogen (secondary N) is 1. The Labute approximate surface area is 139 Å². The fourth-order valence-corrected chi connectivity index (χ4v) is 3.91. The fraction of sp³-hybridized carbons (Fsp3) is 0.667. The number of rotatable bonds is 6. The number of benzene rings is 1. The van der Waals surface area contributed by atoms with Crippen molar-refractivity contribution in [2.45, 2.75) is 58.4 Å². The summed E-state index contributed by atoms with van der Waals surface area (Å²) in [4.78, 5) is 0. The molecule has 0 aliphatic heterocycles. The van der Waals surface area contributed by atoms with E-state index in [1.54, 1.807) is 0 Å². The second kappa shape index (κ2) is 8.41. The van der Waals surface area contributed by atoms with Gasteiger partial charge in [-0.2, -0.15) is 0 Å². The van der Waals surface area contributed by atoms with E-state index in [0.717, 1.165) is 34.8 Å². The molecule has 21 heavy (non-hydrogen) atoms. The van der Waals surface area contributed by atoms with Crippen molar-refractivity contribution in [2.24, 2.45) is 11.8 Å². The van der Waals surface area contributed by atoms with Gasteiger partial charge in [-0.1, -0.05) is 49.9 Å². The van der Waals surface area contributed by atoms with Crippen LogP contribution < -0.4 is 5.32 Å². The molecule has 1 aromatic rings. The Morgan fingerprint density at radius 3 is 2.81 bits per heavy atom. The van der Waals surface area contributed by atoms with Crippen molar-refractivity contribution in [3.05, 3.63) is 33.8 Å². The van der Waals surface area contributed by atoms with Gasteiger partial charge in [0.15, 0.2) is 0 Å². The summed E-state index contributed by atoms with van der Waals surface area (Å²) in [6, 6.07) is 6.32. The monoisotopic (exact) mass is 327 g/mol. The van der Waals surface area contributed by atoms with Crippen LogP contribution in [0, 0.1) is 11.8 Å². The van der Waals surface area contributed by atoms with Crippen molar-refractivity contribution in [2.75, 3.05) is 6.54 Å². The molecule has 0 amide bonds. The summed E-state index contributed by atoms with van der Waals surface area (Å²) in [7, 11) is 0. The van der Waals surface area contributed by atoms with Crippen LogP contribution in [0.15, 0.2) is 18.2 Å². The summed E-state index contributed by atoms with van der Waals surface area (Å²) in [6.07, 6.45) is 7.57. The van der Waals surface area contributed by atoms with Crippen molar-refractivity contribution in [3.8, 4) is 0 Å². The van der Waals surface area contributed by atoms with E-state index in [2.05, 4.69) is 19.2 Å². The third-order valence-corrected chi connectivity index (χ3v) is 5.25. The zero-order valence-electron chi connectivity index (χ0n) is 13.2. The maximum absolute atomic E-state index is 6.36. The van der Waals surface area contributed by atoms with Crippen LogP contribution in [0.25, 0.3) is 0 Å². The first-order chi connectivity index (χ1) is 10.1. The van der Waals surface area contributed by atoms with Gasteiger partial charge in [-0.05, 0) is 67.8 Å². The minimum atomic E-state index is 0.517. The number of halogens is 2. The van der Waals surface area contributed by atoms with Crippen molar-refractivity contribution in [3.63, 3.8) is 0 Å². The molecule has 3 atom stereocenters. The standard InChI is InChI=1S/C18H27Cl2N/c1-3-9-21-18(14-6-4-5-13(2)10-14)12-15-11-16(19)7-8-17(15)20/h7-8,11,13-14,18,21H,3-6,9-10,12H2,1-2H3. The van der Waals surface area contributed by atoms with Crippen LogP contribution in [-0.4, -0.2) is 12.6 Å². The molecule has 0 spiro atoms. The lowest BCUT2D eigenvalue weighted by molar-refractivity contribution is 0.221. The molecule has 1 fully saturated rings. The average Bonchev–Trinajstić information content (AvgIpc) is 2.47. The lowest BCUT2D eigenvalue weighted by Gasteiger charge is -2.34. The summed E-state index contributed by atoms with van der Waals surface area (Å²) in [5.74, 6) is 1.61. The molecule has 1 N–H and O–H groups in total. The average molecular weight is 328 g/mol. The molecule has 1 nitrogen and oxygen atoms in total. The molecule has 3 unspecified atom stereocenters. The molecule has 0 radical (unpaired) electrons. The fourth-order valence-electron chi connectivity index (χ4n) is 3.52. The van der Waals surface area contributed by atoms with Gasteiger partial charge in [0, 0.05) is 16.1 Å². The van der Waals surface area contributed by atoms with Gasteiger partial charge in [0.05, 0.1) is 0 Å². The molecule has 0 bridgehead atoms. The Morgan fingerprint density at radius 1 is 1.29 bits per heavy atom. The van der Waals surface area contributed by atoms with E-state index < -0.39 is 0 Å². The van der Waals surface area contributed by atoms with Crippen LogP contribution in [0.4, 0.5) is 0 Å². The van der Waals surface area contributed by atoms with Gasteiger partial charge in [0.25, 0.3) is 0 Å². The van der Waals surface area contributed by atoms with Crippen LogP contribution in [0.1, 0.15) is 51.5 Å². The van der Waals surface area contributed by atoms with Crippen molar-refractivity contribution in [1.29, 1.82) is 0 Å². The SMILES string of the molecule is CCCNC(Cc1cc(Cl)ccc1Cl)C1CCCC(C)C1. The van der Waals surface area contributed by atoms with Crippen LogP contribution in [-0.2, 0) is 6.42 Å². The van der Waals surface area contributed by atoms with Gasteiger partial charge in [0.1, 0.15) is 0 Å². The van der Waals surface area contributed by atoms with Gasteiger partial charge in [-0.15, -0.1) is 0 Å². The first kappa shape index (κ1) is 17.1. The van der Waals surface area contributed by atoms with Crippen molar-refractivity contribution < 1.29 is 0 Å².